The highest BCUT2D eigenvalue weighted by Gasteiger charge is 2.28. The minimum absolute atomic E-state index is 0.0580. The van der Waals surface area contributed by atoms with Gasteiger partial charge in [-0.2, -0.15) is 0 Å². The Kier molecular flexibility index (Phi) is 4.11. The Labute approximate surface area is 121 Å². The van der Waals surface area contributed by atoms with Crippen LogP contribution in [0, 0.1) is 0 Å². The molecular weight excluding hydrogens is 336 g/mol. The van der Waals surface area contributed by atoms with E-state index in [2.05, 4.69) is 26.6 Å². The van der Waals surface area contributed by atoms with Crippen LogP contribution in [0.15, 0.2) is 22.7 Å². The van der Waals surface area contributed by atoms with Crippen molar-refractivity contribution in [3.8, 4) is 0 Å². The number of amides is 2. The molecule has 6 nitrogen and oxygen atoms in total. The maximum Gasteiger partial charge on any atom is 0.336 e. The lowest BCUT2D eigenvalue weighted by Gasteiger charge is -2.11. The SMILES string of the molecule is O=C1NC(C(=O)Nc2ccc(Br)c(C(=O)O)c2)CS1. The van der Waals surface area contributed by atoms with Gasteiger partial charge in [0.05, 0.1) is 5.56 Å². The van der Waals surface area contributed by atoms with Crippen LogP contribution in [0.25, 0.3) is 0 Å². The number of rotatable bonds is 3. The molecule has 1 fully saturated rings. The van der Waals surface area contributed by atoms with E-state index in [4.69, 9.17) is 5.11 Å². The van der Waals surface area contributed by atoms with Crippen molar-refractivity contribution in [2.45, 2.75) is 6.04 Å². The summed E-state index contributed by atoms with van der Waals surface area (Å²) in [5.41, 5.74) is 0.430. The topological polar surface area (TPSA) is 95.5 Å². The van der Waals surface area contributed by atoms with Crippen molar-refractivity contribution in [3.05, 3.63) is 28.2 Å². The molecule has 1 aromatic carbocycles. The summed E-state index contributed by atoms with van der Waals surface area (Å²) in [6, 6.07) is 3.89. The van der Waals surface area contributed by atoms with Crippen LogP contribution in [0.1, 0.15) is 10.4 Å². The maximum atomic E-state index is 11.8. The van der Waals surface area contributed by atoms with Crippen LogP contribution < -0.4 is 10.6 Å². The smallest absolute Gasteiger partial charge is 0.336 e. The fourth-order valence-electron chi connectivity index (χ4n) is 1.52. The quantitative estimate of drug-likeness (QED) is 0.778. The number of benzene rings is 1. The van der Waals surface area contributed by atoms with Gasteiger partial charge in [-0.25, -0.2) is 4.79 Å². The molecule has 1 heterocycles. The highest BCUT2D eigenvalue weighted by molar-refractivity contribution is 9.10. The number of carboxylic acid groups (broad SMARTS) is 1. The number of hydrogen-bond acceptors (Lipinski definition) is 4. The highest BCUT2D eigenvalue weighted by Crippen LogP contribution is 2.22. The fraction of sp³-hybridized carbons (Fsp3) is 0.182. The molecule has 1 aliphatic heterocycles. The Balaban J connectivity index is 2.11. The standard InChI is InChI=1S/C11H9BrN2O4S/c12-7-2-1-5(3-6(7)10(16)17)13-9(15)8-4-19-11(18)14-8/h1-3,8H,4H2,(H,13,15)(H,14,18)(H,16,17). The lowest BCUT2D eigenvalue weighted by atomic mass is 10.2. The van der Waals surface area contributed by atoms with Gasteiger partial charge in [-0.15, -0.1) is 0 Å². The van der Waals surface area contributed by atoms with E-state index in [1.54, 1.807) is 12.1 Å². The predicted molar refractivity (Wildman–Crippen MR) is 74.5 cm³/mol. The van der Waals surface area contributed by atoms with E-state index in [1.807, 2.05) is 0 Å². The Morgan fingerprint density at radius 2 is 2.21 bits per heavy atom. The van der Waals surface area contributed by atoms with Gasteiger partial charge in [-0.1, -0.05) is 11.8 Å². The van der Waals surface area contributed by atoms with E-state index in [0.29, 0.717) is 15.9 Å². The minimum Gasteiger partial charge on any atom is -0.478 e. The Hall–Kier alpha value is -1.54. The lowest BCUT2D eigenvalue weighted by Crippen LogP contribution is -2.38. The molecule has 0 bridgehead atoms. The predicted octanol–water partition coefficient (Wildman–Crippen LogP) is 1.91. The van der Waals surface area contributed by atoms with E-state index < -0.39 is 12.0 Å². The molecule has 0 saturated carbocycles. The van der Waals surface area contributed by atoms with Crippen LogP contribution in [-0.4, -0.2) is 34.0 Å². The molecule has 1 aliphatic rings. The van der Waals surface area contributed by atoms with Crippen molar-refractivity contribution in [2.24, 2.45) is 0 Å². The molecule has 1 saturated heterocycles. The van der Waals surface area contributed by atoms with Crippen molar-refractivity contribution in [2.75, 3.05) is 11.1 Å². The summed E-state index contributed by atoms with van der Waals surface area (Å²) in [5, 5.41) is 13.8. The fourth-order valence-corrected chi connectivity index (χ4v) is 2.72. The molecule has 0 spiro atoms. The summed E-state index contributed by atoms with van der Waals surface area (Å²) >= 11 is 4.16. The van der Waals surface area contributed by atoms with Crippen molar-refractivity contribution < 1.29 is 19.5 Å². The molecule has 1 atom stereocenters. The molecule has 100 valence electrons. The molecule has 19 heavy (non-hydrogen) atoms. The van der Waals surface area contributed by atoms with Gasteiger partial charge in [-0.05, 0) is 34.1 Å². The average Bonchev–Trinajstić information content (AvgIpc) is 2.78. The Morgan fingerprint density at radius 3 is 2.79 bits per heavy atom. The second kappa shape index (κ2) is 5.62. The molecule has 1 unspecified atom stereocenters. The summed E-state index contributed by atoms with van der Waals surface area (Å²) in [6.45, 7) is 0. The summed E-state index contributed by atoms with van der Waals surface area (Å²) in [7, 11) is 0. The molecule has 3 N–H and O–H groups in total. The zero-order valence-corrected chi connectivity index (χ0v) is 11.9. The first kappa shape index (κ1) is 13.9. The Bertz CT molecular complexity index is 564. The van der Waals surface area contributed by atoms with Crippen molar-refractivity contribution >= 4 is 50.5 Å². The number of halogens is 1. The molecule has 2 rings (SSSR count). The van der Waals surface area contributed by atoms with E-state index in [1.165, 1.54) is 6.07 Å². The largest absolute Gasteiger partial charge is 0.478 e. The third kappa shape index (κ3) is 3.27. The number of nitrogens with one attached hydrogen (secondary N) is 2. The summed E-state index contributed by atoms with van der Waals surface area (Å²) in [5.74, 6) is -1.09. The lowest BCUT2D eigenvalue weighted by molar-refractivity contribution is -0.117. The van der Waals surface area contributed by atoms with Crippen LogP contribution in [0.5, 0.6) is 0 Å². The molecule has 0 aromatic heterocycles. The van der Waals surface area contributed by atoms with Gasteiger partial charge in [0.25, 0.3) is 5.24 Å². The van der Waals surface area contributed by atoms with Crippen LogP contribution in [0.3, 0.4) is 0 Å². The van der Waals surface area contributed by atoms with Crippen molar-refractivity contribution in [3.63, 3.8) is 0 Å². The van der Waals surface area contributed by atoms with Crippen LogP contribution in [-0.2, 0) is 4.79 Å². The third-order valence-corrected chi connectivity index (χ3v) is 4.03. The van der Waals surface area contributed by atoms with Crippen LogP contribution in [0.2, 0.25) is 0 Å². The molecule has 2 amide bonds. The summed E-state index contributed by atoms with van der Waals surface area (Å²) in [6.07, 6.45) is 0. The number of anilines is 1. The molecular formula is C11H9BrN2O4S. The number of carbonyl (C=O) groups is 3. The first-order valence-electron chi connectivity index (χ1n) is 5.24. The number of hydrogen-bond donors (Lipinski definition) is 3. The summed E-state index contributed by atoms with van der Waals surface area (Å²) in [4.78, 5) is 33.8. The monoisotopic (exact) mass is 344 g/mol. The zero-order chi connectivity index (χ0) is 14.0. The third-order valence-electron chi connectivity index (χ3n) is 2.45. The first-order valence-corrected chi connectivity index (χ1v) is 7.02. The minimum atomic E-state index is -1.09. The Morgan fingerprint density at radius 1 is 1.47 bits per heavy atom. The van der Waals surface area contributed by atoms with Gasteiger partial charge in [0.15, 0.2) is 0 Å². The number of carbonyl (C=O) groups excluding carboxylic acids is 2. The summed E-state index contributed by atoms with van der Waals surface area (Å²) < 4.78 is 0.433. The molecule has 0 radical (unpaired) electrons. The maximum absolute atomic E-state index is 11.8. The van der Waals surface area contributed by atoms with Gasteiger partial charge in [0, 0.05) is 15.9 Å². The van der Waals surface area contributed by atoms with Gasteiger partial charge >= 0.3 is 5.97 Å². The molecule has 0 aliphatic carbocycles. The van der Waals surface area contributed by atoms with Gasteiger partial charge < -0.3 is 15.7 Å². The molecule has 8 heteroatoms. The normalized spacial score (nSPS) is 17.9. The highest BCUT2D eigenvalue weighted by atomic mass is 79.9. The van der Waals surface area contributed by atoms with Crippen molar-refractivity contribution in [1.82, 2.24) is 5.32 Å². The second-order valence-electron chi connectivity index (χ2n) is 3.78. The number of aromatic carboxylic acids is 1. The first-order chi connectivity index (χ1) is 8.97. The van der Waals surface area contributed by atoms with E-state index in [0.717, 1.165) is 11.8 Å². The van der Waals surface area contributed by atoms with Gasteiger partial charge in [0.1, 0.15) is 6.04 Å². The zero-order valence-electron chi connectivity index (χ0n) is 9.47. The van der Waals surface area contributed by atoms with Crippen LogP contribution >= 0.6 is 27.7 Å². The van der Waals surface area contributed by atoms with E-state index in [-0.39, 0.29) is 16.7 Å². The van der Waals surface area contributed by atoms with Crippen molar-refractivity contribution in [1.29, 1.82) is 0 Å². The van der Waals surface area contributed by atoms with E-state index in [9.17, 15) is 14.4 Å². The average molecular weight is 345 g/mol. The van der Waals surface area contributed by atoms with Crippen LogP contribution in [0.4, 0.5) is 10.5 Å². The number of carboxylic acids is 1. The second-order valence-corrected chi connectivity index (χ2v) is 5.63. The van der Waals surface area contributed by atoms with Gasteiger partial charge in [0.2, 0.25) is 5.91 Å². The van der Waals surface area contributed by atoms with Gasteiger partial charge in [-0.3, -0.25) is 9.59 Å². The number of thioether (sulfide) groups is 1. The van der Waals surface area contributed by atoms with E-state index >= 15 is 0 Å². The molecule has 1 aromatic rings.